The molecule has 0 saturated heterocycles. The van der Waals surface area contributed by atoms with Crippen LogP contribution in [0.4, 0.5) is 0 Å². The van der Waals surface area contributed by atoms with E-state index in [1.807, 2.05) is 6.92 Å². The quantitative estimate of drug-likeness (QED) is 0.449. The van der Waals surface area contributed by atoms with Gasteiger partial charge in [0.2, 0.25) is 0 Å². The Balaban J connectivity index is 3.45. The lowest BCUT2D eigenvalue weighted by atomic mass is 10.7. The van der Waals surface area contributed by atoms with E-state index in [1.165, 1.54) is 6.34 Å². The fourth-order valence-corrected chi connectivity index (χ4v) is 0.300. The molecule has 4 nitrogen and oxygen atoms in total. The Morgan fingerprint density at radius 1 is 1.80 bits per heavy atom. The molecule has 0 radical (unpaired) electrons. The highest BCUT2D eigenvalue weighted by Crippen LogP contribution is 1.84. The van der Waals surface area contributed by atoms with Crippen LogP contribution in [-0.2, 0) is 4.74 Å². The van der Waals surface area contributed by atoms with Gasteiger partial charge in [-0.1, -0.05) is 0 Å². The highest BCUT2D eigenvalue weighted by atomic mass is 16.5. The fourth-order valence-electron chi connectivity index (χ4n) is 0.300. The number of nitrogens with zero attached hydrogens (tertiary/aromatic N) is 1. The van der Waals surface area contributed by atoms with Crippen LogP contribution in [0.1, 0.15) is 13.8 Å². The smallest absolute Gasteiger partial charge is 0.146 e. The molecule has 0 spiro atoms. The van der Waals surface area contributed by atoms with Crippen molar-refractivity contribution in [2.24, 2.45) is 4.99 Å². The molecule has 1 atom stereocenters. The van der Waals surface area contributed by atoms with E-state index in [2.05, 4.69) is 10.3 Å². The van der Waals surface area contributed by atoms with Gasteiger partial charge in [-0.2, -0.15) is 0 Å². The minimum absolute atomic E-state index is 0.146. The number of methoxy groups -OCH3 is 1. The minimum Gasteiger partial charge on any atom is -0.360 e. The number of aliphatic imine (C=N–C) groups is 1. The first kappa shape index (κ1) is 9.10. The first-order valence-electron chi connectivity index (χ1n) is 3.03. The van der Waals surface area contributed by atoms with Crippen LogP contribution >= 0.6 is 0 Å². The highest BCUT2D eigenvalue weighted by Gasteiger charge is 1.89. The summed E-state index contributed by atoms with van der Waals surface area (Å²) in [6, 6.07) is 0. The average Bonchev–Trinajstić information content (AvgIpc) is 1.87. The summed E-state index contributed by atoms with van der Waals surface area (Å²) >= 11 is 0. The van der Waals surface area contributed by atoms with Crippen molar-refractivity contribution in [3.63, 3.8) is 0 Å². The largest absolute Gasteiger partial charge is 0.360 e. The third-order valence-electron chi connectivity index (χ3n) is 0.907. The Morgan fingerprint density at radius 2 is 2.40 bits per heavy atom. The summed E-state index contributed by atoms with van der Waals surface area (Å²) < 4.78 is 4.82. The predicted molar refractivity (Wildman–Crippen MR) is 41.5 cm³/mol. The van der Waals surface area contributed by atoms with Gasteiger partial charge in [0.1, 0.15) is 6.23 Å². The Hall–Kier alpha value is -0.900. The fraction of sp³-hybridized carbons (Fsp3) is 0.667. The van der Waals surface area contributed by atoms with Crippen molar-refractivity contribution in [1.29, 1.82) is 5.41 Å². The molecule has 4 heteroatoms. The summed E-state index contributed by atoms with van der Waals surface area (Å²) in [6.45, 7) is 3.46. The number of rotatable bonds is 3. The lowest BCUT2D eigenvalue weighted by Crippen LogP contribution is -2.18. The van der Waals surface area contributed by atoms with Gasteiger partial charge in [0, 0.05) is 7.11 Å². The van der Waals surface area contributed by atoms with Gasteiger partial charge in [0.25, 0.3) is 0 Å². The van der Waals surface area contributed by atoms with Crippen molar-refractivity contribution in [2.75, 3.05) is 7.11 Å². The molecule has 0 heterocycles. The van der Waals surface area contributed by atoms with E-state index >= 15 is 0 Å². The second-order valence-corrected chi connectivity index (χ2v) is 1.88. The lowest BCUT2D eigenvalue weighted by molar-refractivity contribution is 0.126. The summed E-state index contributed by atoms with van der Waals surface area (Å²) in [6.07, 6.45) is 1.31. The van der Waals surface area contributed by atoms with Crippen LogP contribution in [-0.4, -0.2) is 25.5 Å². The molecule has 0 aliphatic rings. The van der Waals surface area contributed by atoms with Crippen molar-refractivity contribution in [1.82, 2.24) is 5.32 Å². The van der Waals surface area contributed by atoms with E-state index in [-0.39, 0.29) is 6.23 Å². The topological polar surface area (TPSA) is 57.5 Å². The molecular weight excluding hydrogens is 130 g/mol. The molecule has 10 heavy (non-hydrogen) atoms. The van der Waals surface area contributed by atoms with E-state index in [0.29, 0.717) is 5.84 Å². The van der Waals surface area contributed by atoms with Gasteiger partial charge in [-0.15, -0.1) is 0 Å². The third kappa shape index (κ3) is 5.24. The summed E-state index contributed by atoms with van der Waals surface area (Å²) in [5, 5.41) is 9.57. The van der Waals surface area contributed by atoms with E-state index in [0.717, 1.165) is 0 Å². The molecule has 0 aromatic rings. The van der Waals surface area contributed by atoms with Gasteiger partial charge in [-0.3, -0.25) is 5.41 Å². The zero-order chi connectivity index (χ0) is 7.98. The molecule has 0 fully saturated rings. The van der Waals surface area contributed by atoms with Gasteiger partial charge < -0.3 is 10.1 Å². The van der Waals surface area contributed by atoms with Crippen molar-refractivity contribution in [3.05, 3.63) is 0 Å². The molecule has 58 valence electrons. The van der Waals surface area contributed by atoms with Crippen LogP contribution in [0.3, 0.4) is 0 Å². The SMILES string of the molecule is COC(C)N=CNC(C)=N. The molecule has 1 unspecified atom stereocenters. The van der Waals surface area contributed by atoms with Crippen molar-refractivity contribution in [2.45, 2.75) is 20.1 Å². The maximum absolute atomic E-state index is 6.95. The maximum atomic E-state index is 6.95. The van der Waals surface area contributed by atoms with E-state index < -0.39 is 0 Å². The first-order valence-corrected chi connectivity index (χ1v) is 3.03. The standard InChI is InChI=1S/C6H13N3O/c1-5(7)8-4-9-6(2)10-3/h4,6H,1-3H3,(H2,7,8,9). The van der Waals surface area contributed by atoms with Crippen LogP contribution in [0.5, 0.6) is 0 Å². The molecule has 0 amide bonds. The molecule has 2 N–H and O–H groups in total. The maximum Gasteiger partial charge on any atom is 0.146 e. The minimum atomic E-state index is -0.146. The van der Waals surface area contributed by atoms with Gasteiger partial charge in [0.05, 0.1) is 12.2 Å². The Morgan fingerprint density at radius 3 is 2.80 bits per heavy atom. The summed E-state index contributed by atoms with van der Waals surface area (Å²) in [7, 11) is 1.58. The van der Waals surface area contributed by atoms with Crippen molar-refractivity contribution < 1.29 is 4.74 Å². The molecule has 0 saturated carbocycles. The number of nitrogens with one attached hydrogen (secondary N) is 2. The van der Waals surface area contributed by atoms with Crippen LogP contribution < -0.4 is 5.32 Å². The molecule has 0 aliphatic heterocycles. The van der Waals surface area contributed by atoms with Crippen LogP contribution in [0, 0.1) is 5.41 Å². The second-order valence-electron chi connectivity index (χ2n) is 1.88. The summed E-state index contributed by atoms with van der Waals surface area (Å²) in [5.41, 5.74) is 0. The number of hydrogen-bond donors (Lipinski definition) is 2. The van der Waals surface area contributed by atoms with Gasteiger partial charge in [-0.05, 0) is 13.8 Å². The number of hydrogen-bond acceptors (Lipinski definition) is 3. The van der Waals surface area contributed by atoms with Crippen LogP contribution in [0.25, 0.3) is 0 Å². The Kier molecular flexibility index (Phi) is 4.49. The average molecular weight is 143 g/mol. The molecule has 0 aromatic carbocycles. The molecular formula is C6H13N3O. The van der Waals surface area contributed by atoms with E-state index in [4.69, 9.17) is 10.1 Å². The summed E-state index contributed by atoms with van der Waals surface area (Å²) in [5.74, 6) is 0.368. The molecule has 0 aromatic heterocycles. The first-order chi connectivity index (χ1) is 4.66. The second kappa shape index (κ2) is 4.93. The lowest BCUT2D eigenvalue weighted by Gasteiger charge is -2.01. The summed E-state index contributed by atoms with van der Waals surface area (Å²) in [4.78, 5) is 3.88. The monoisotopic (exact) mass is 143 g/mol. The zero-order valence-corrected chi connectivity index (χ0v) is 6.51. The van der Waals surface area contributed by atoms with Gasteiger partial charge in [-0.25, -0.2) is 4.99 Å². The molecule has 0 bridgehead atoms. The normalized spacial score (nSPS) is 13.5. The van der Waals surface area contributed by atoms with Crippen LogP contribution in [0.15, 0.2) is 4.99 Å². The third-order valence-corrected chi connectivity index (χ3v) is 0.907. The Bertz CT molecular complexity index is 133. The van der Waals surface area contributed by atoms with Gasteiger partial charge in [0.15, 0.2) is 0 Å². The highest BCUT2D eigenvalue weighted by molar-refractivity contribution is 5.87. The van der Waals surface area contributed by atoms with Crippen LogP contribution in [0.2, 0.25) is 0 Å². The van der Waals surface area contributed by atoms with Crippen molar-refractivity contribution >= 4 is 12.2 Å². The Labute approximate surface area is 60.8 Å². The molecule has 0 aliphatic carbocycles. The number of amidine groups is 1. The number of ether oxygens (including phenoxy) is 1. The van der Waals surface area contributed by atoms with Crippen molar-refractivity contribution in [3.8, 4) is 0 Å². The molecule has 0 rings (SSSR count). The van der Waals surface area contributed by atoms with E-state index in [9.17, 15) is 0 Å². The van der Waals surface area contributed by atoms with E-state index in [1.54, 1.807) is 14.0 Å². The zero-order valence-electron chi connectivity index (χ0n) is 6.51. The van der Waals surface area contributed by atoms with Gasteiger partial charge >= 0.3 is 0 Å². The predicted octanol–water partition coefficient (Wildman–Crippen LogP) is 0.594.